The van der Waals surface area contributed by atoms with Crippen LogP contribution in [0.2, 0.25) is 0 Å². The van der Waals surface area contributed by atoms with Crippen molar-refractivity contribution in [1.82, 2.24) is 19.7 Å². The van der Waals surface area contributed by atoms with Crippen LogP contribution >= 0.6 is 0 Å². The Balaban J connectivity index is 1.94. The predicted molar refractivity (Wildman–Crippen MR) is 63.9 cm³/mol. The molecule has 2 aromatic heterocycles. The summed E-state index contributed by atoms with van der Waals surface area (Å²) in [4.78, 5) is 19.3. The highest BCUT2D eigenvalue weighted by molar-refractivity contribution is 5.90. The zero-order valence-corrected chi connectivity index (χ0v) is 9.70. The summed E-state index contributed by atoms with van der Waals surface area (Å²) in [5.41, 5.74) is 5.92. The molecule has 2 heterocycles. The molecule has 0 unspecified atom stereocenters. The number of carbonyl (C=O) groups excluding carboxylic acids is 1. The van der Waals surface area contributed by atoms with E-state index in [9.17, 15) is 4.79 Å². The zero-order chi connectivity index (χ0) is 13.0. The SMILES string of the molecule is COc1ccc(NC(=O)Cn2cnc(N)n2)cn1. The summed E-state index contributed by atoms with van der Waals surface area (Å²) in [6.07, 6.45) is 2.90. The average Bonchev–Trinajstić information content (AvgIpc) is 2.75. The maximum atomic E-state index is 11.6. The molecule has 0 aromatic carbocycles. The number of aromatic nitrogens is 4. The van der Waals surface area contributed by atoms with Gasteiger partial charge in [-0.05, 0) is 6.07 Å². The largest absolute Gasteiger partial charge is 0.481 e. The van der Waals surface area contributed by atoms with Crippen molar-refractivity contribution in [2.24, 2.45) is 0 Å². The van der Waals surface area contributed by atoms with E-state index >= 15 is 0 Å². The fourth-order valence-corrected chi connectivity index (χ4v) is 1.31. The third-order valence-electron chi connectivity index (χ3n) is 2.09. The number of carbonyl (C=O) groups is 1. The Morgan fingerprint density at radius 3 is 2.89 bits per heavy atom. The van der Waals surface area contributed by atoms with Gasteiger partial charge in [0.25, 0.3) is 0 Å². The Morgan fingerprint density at radius 1 is 1.50 bits per heavy atom. The number of nitrogens with one attached hydrogen (secondary N) is 1. The lowest BCUT2D eigenvalue weighted by molar-refractivity contribution is -0.116. The molecular formula is C10H12N6O2. The van der Waals surface area contributed by atoms with Crippen molar-refractivity contribution >= 4 is 17.5 Å². The molecule has 0 radical (unpaired) electrons. The van der Waals surface area contributed by atoms with Crippen LogP contribution in [0.3, 0.4) is 0 Å². The number of nitrogens with zero attached hydrogens (tertiary/aromatic N) is 4. The Labute approximate surface area is 103 Å². The molecule has 0 saturated heterocycles. The Kier molecular flexibility index (Phi) is 3.37. The van der Waals surface area contributed by atoms with Crippen LogP contribution in [0.15, 0.2) is 24.7 Å². The van der Waals surface area contributed by atoms with Gasteiger partial charge in [0.2, 0.25) is 17.7 Å². The molecule has 94 valence electrons. The molecule has 0 bridgehead atoms. The molecule has 18 heavy (non-hydrogen) atoms. The smallest absolute Gasteiger partial charge is 0.246 e. The number of amides is 1. The molecule has 0 aliphatic heterocycles. The van der Waals surface area contributed by atoms with Crippen LogP contribution in [-0.4, -0.2) is 32.8 Å². The van der Waals surface area contributed by atoms with Crippen molar-refractivity contribution in [3.8, 4) is 5.88 Å². The van der Waals surface area contributed by atoms with E-state index in [0.717, 1.165) is 0 Å². The van der Waals surface area contributed by atoms with Gasteiger partial charge in [-0.25, -0.2) is 14.6 Å². The second kappa shape index (κ2) is 5.13. The van der Waals surface area contributed by atoms with Gasteiger partial charge in [0, 0.05) is 6.07 Å². The predicted octanol–water partition coefficient (Wildman–Crippen LogP) is -0.0974. The van der Waals surface area contributed by atoms with Crippen molar-refractivity contribution in [3.05, 3.63) is 24.7 Å². The number of rotatable bonds is 4. The first-order chi connectivity index (χ1) is 8.67. The van der Waals surface area contributed by atoms with E-state index in [1.165, 1.54) is 24.3 Å². The Morgan fingerprint density at radius 2 is 2.33 bits per heavy atom. The lowest BCUT2D eigenvalue weighted by Crippen LogP contribution is -2.19. The van der Waals surface area contributed by atoms with Crippen LogP contribution in [0, 0.1) is 0 Å². The average molecular weight is 248 g/mol. The third kappa shape index (κ3) is 2.94. The van der Waals surface area contributed by atoms with Gasteiger partial charge in [0.05, 0.1) is 19.0 Å². The van der Waals surface area contributed by atoms with Crippen molar-refractivity contribution in [2.75, 3.05) is 18.2 Å². The summed E-state index contributed by atoms with van der Waals surface area (Å²) in [6, 6.07) is 3.35. The molecule has 2 aromatic rings. The number of nitrogen functional groups attached to an aromatic ring is 1. The fourth-order valence-electron chi connectivity index (χ4n) is 1.31. The number of hydrogen-bond donors (Lipinski definition) is 2. The normalized spacial score (nSPS) is 10.1. The van der Waals surface area contributed by atoms with E-state index in [0.29, 0.717) is 11.6 Å². The summed E-state index contributed by atoms with van der Waals surface area (Å²) in [5, 5.41) is 6.47. The van der Waals surface area contributed by atoms with Crippen LogP contribution in [0.1, 0.15) is 0 Å². The van der Waals surface area contributed by atoms with E-state index in [1.807, 2.05) is 0 Å². The summed E-state index contributed by atoms with van der Waals surface area (Å²) >= 11 is 0. The molecule has 8 heteroatoms. The highest BCUT2D eigenvalue weighted by Crippen LogP contribution is 2.10. The number of hydrogen-bond acceptors (Lipinski definition) is 6. The van der Waals surface area contributed by atoms with Gasteiger partial charge in [-0.1, -0.05) is 0 Å². The van der Waals surface area contributed by atoms with Crippen LogP contribution in [0.25, 0.3) is 0 Å². The molecular weight excluding hydrogens is 236 g/mol. The summed E-state index contributed by atoms with van der Waals surface area (Å²) in [6.45, 7) is 0.0379. The lowest BCUT2D eigenvalue weighted by Gasteiger charge is -2.05. The highest BCUT2D eigenvalue weighted by atomic mass is 16.5. The summed E-state index contributed by atoms with van der Waals surface area (Å²) < 4.78 is 6.26. The number of anilines is 2. The number of methoxy groups -OCH3 is 1. The molecule has 0 aliphatic rings. The Bertz CT molecular complexity index is 536. The zero-order valence-electron chi connectivity index (χ0n) is 9.70. The minimum atomic E-state index is -0.244. The van der Waals surface area contributed by atoms with Crippen molar-refractivity contribution in [3.63, 3.8) is 0 Å². The highest BCUT2D eigenvalue weighted by Gasteiger charge is 2.05. The first-order valence-corrected chi connectivity index (χ1v) is 5.12. The fraction of sp³-hybridized carbons (Fsp3) is 0.200. The van der Waals surface area contributed by atoms with E-state index < -0.39 is 0 Å². The minimum absolute atomic E-state index is 0.0379. The van der Waals surface area contributed by atoms with Crippen molar-refractivity contribution in [1.29, 1.82) is 0 Å². The van der Waals surface area contributed by atoms with Gasteiger partial charge in [-0.3, -0.25) is 4.79 Å². The molecule has 3 N–H and O–H groups in total. The molecule has 0 aliphatic carbocycles. The first kappa shape index (κ1) is 11.8. The van der Waals surface area contributed by atoms with E-state index in [-0.39, 0.29) is 18.4 Å². The van der Waals surface area contributed by atoms with Crippen molar-refractivity contribution in [2.45, 2.75) is 6.54 Å². The van der Waals surface area contributed by atoms with Gasteiger partial charge in [0.1, 0.15) is 12.9 Å². The van der Waals surface area contributed by atoms with Crippen LogP contribution < -0.4 is 15.8 Å². The van der Waals surface area contributed by atoms with Crippen LogP contribution in [-0.2, 0) is 11.3 Å². The van der Waals surface area contributed by atoms with Crippen LogP contribution in [0.5, 0.6) is 5.88 Å². The Hall–Kier alpha value is -2.64. The van der Waals surface area contributed by atoms with E-state index in [4.69, 9.17) is 10.5 Å². The molecule has 0 atom stereocenters. The van der Waals surface area contributed by atoms with Crippen molar-refractivity contribution < 1.29 is 9.53 Å². The van der Waals surface area contributed by atoms with Gasteiger partial charge < -0.3 is 15.8 Å². The molecule has 8 nitrogen and oxygen atoms in total. The summed E-state index contributed by atoms with van der Waals surface area (Å²) in [7, 11) is 1.52. The molecule has 0 spiro atoms. The maximum Gasteiger partial charge on any atom is 0.246 e. The van der Waals surface area contributed by atoms with Gasteiger partial charge >= 0.3 is 0 Å². The van der Waals surface area contributed by atoms with Gasteiger partial charge in [0.15, 0.2) is 0 Å². The number of pyridine rings is 1. The number of nitrogens with two attached hydrogens (primary N) is 1. The quantitative estimate of drug-likeness (QED) is 0.782. The molecule has 0 saturated carbocycles. The lowest BCUT2D eigenvalue weighted by atomic mass is 10.4. The van der Waals surface area contributed by atoms with Crippen LogP contribution in [0.4, 0.5) is 11.6 Å². The second-order valence-corrected chi connectivity index (χ2v) is 3.44. The number of ether oxygens (including phenoxy) is 1. The summed E-state index contributed by atoms with van der Waals surface area (Å²) in [5.74, 6) is 0.373. The third-order valence-corrected chi connectivity index (χ3v) is 2.09. The second-order valence-electron chi connectivity index (χ2n) is 3.44. The first-order valence-electron chi connectivity index (χ1n) is 5.12. The van der Waals surface area contributed by atoms with Gasteiger partial charge in [-0.2, -0.15) is 0 Å². The topological polar surface area (TPSA) is 108 Å². The van der Waals surface area contributed by atoms with E-state index in [1.54, 1.807) is 12.1 Å². The van der Waals surface area contributed by atoms with E-state index in [2.05, 4.69) is 20.4 Å². The monoisotopic (exact) mass is 248 g/mol. The molecule has 1 amide bonds. The standard InChI is InChI=1S/C10H12N6O2/c1-18-9-3-2-7(4-12-9)14-8(17)5-16-6-13-10(11)15-16/h2-4,6H,5H2,1H3,(H2,11,15)(H,14,17). The minimum Gasteiger partial charge on any atom is -0.481 e. The molecule has 2 rings (SSSR count). The maximum absolute atomic E-state index is 11.6. The molecule has 0 fully saturated rings. The van der Waals surface area contributed by atoms with Gasteiger partial charge in [-0.15, -0.1) is 5.10 Å².